The summed E-state index contributed by atoms with van der Waals surface area (Å²) in [6.07, 6.45) is 1.17. The molecule has 0 fully saturated rings. The Balaban J connectivity index is 3.38. The SMILES string of the molecule is CCC(=Cc1cc(F)c(F)c(C)c1F)C(=O)O. The van der Waals surface area contributed by atoms with Crippen LogP contribution >= 0.6 is 0 Å². The molecule has 0 radical (unpaired) electrons. The Morgan fingerprint density at radius 1 is 1.35 bits per heavy atom. The third-order valence-corrected chi connectivity index (χ3v) is 2.39. The quantitative estimate of drug-likeness (QED) is 0.654. The topological polar surface area (TPSA) is 37.3 Å². The Morgan fingerprint density at radius 2 is 1.94 bits per heavy atom. The highest BCUT2D eigenvalue weighted by Crippen LogP contribution is 2.22. The van der Waals surface area contributed by atoms with Gasteiger partial charge in [0.05, 0.1) is 0 Å². The van der Waals surface area contributed by atoms with Gasteiger partial charge < -0.3 is 5.11 Å². The van der Waals surface area contributed by atoms with Crippen LogP contribution in [0.25, 0.3) is 6.08 Å². The monoisotopic (exact) mass is 244 g/mol. The number of aliphatic carboxylic acids is 1. The van der Waals surface area contributed by atoms with E-state index in [9.17, 15) is 18.0 Å². The van der Waals surface area contributed by atoms with Crippen molar-refractivity contribution in [3.63, 3.8) is 0 Å². The molecule has 1 rings (SSSR count). The first-order chi connectivity index (χ1) is 7.88. The van der Waals surface area contributed by atoms with E-state index in [2.05, 4.69) is 0 Å². The van der Waals surface area contributed by atoms with Crippen molar-refractivity contribution in [2.75, 3.05) is 0 Å². The zero-order chi connectivity index (χ0) is 13.2. The van der Waals surface area contributed by atoms with E-state index in [1.807, 2.05) is 0 Å². The molecule has 5 heteroatoms. The van der Waals surface area contributed by atoms with Crippen LogP contribution in [0.4, 0.5) is 13.2 Å². The number of carbonyl (C=O) groups is 1. The Hall–Kier alpha value is -1.78. The van der Waals surface area contributed by atoms with Gasteiger partial charge in [0.2, 0.25) is 0 Å². The molecule has 1 N–H and O–H groups in total. The molecule has 0 atom stereocenters. The molecule has 17 heavy (non-hydrogen) atoms. The Morgan fingerprint density at radius 3 is 2.41 bits per heavy atom. The lowest BCUT2D eigenvalue weighted by Crippen LogP contribution is -2.01. The predicted octanol–water partition coefficient (Wildman–Crippen LogP) is 3.29. The number of carboxylic acids is 1. The van der Waals surface area contributed by atoms with Gasteiger partial charge in [-0.15, -0.1) is 0 Å². The van der Waals surface area contributed by atoms with Crippen LogP contribution in [0.3, 0.4) is 0 Å². The van der Waals surface area contributed by atoms with E-state index in [1.54, 1.807) is 6.92 Å². The average molecular weight is 244 g/mol. The Bertz CT molecular complexity index is 493. The first kappa shape index (κ1) is 13.3. The van der Waals surface area contributed by atoms with E-state index in [0.717, 1.165) is 13.0 Å². The molecule has 0 aliphatic heterocycles. The van der Waals surface area contributed by atoms with E-state index < -0.39 is 29.0 Å². The van der Waals surface area contributed by atoms with Crippen molar-refractivity contribution in [3.8, 4) is 0 Å². The maximum atomic E-state index is 13.6. The minimum atomic E-state index is -1.26. The van der Waals surface area contributed by atoms with Gasteiger partial charge in [-0.3, -0.25) is 0 Å². The largest absolute Gasteiger partial charge is 0.478 e. The first-order valence-corrected chi connectivity index (χ1v) is 4.96. The average Bonchev–Trinajstić information content (AvgIpc) is 2.29. The molecule has 0 spiro atoms. The minimum Gasteiger partial charge on any atom is -0.478 e. The van der Waals surface area contributed by atoms with Crippen LogP contribution in [0, 0.1) is 24.4 Å². The van der Waals surface area contributed by atoms with Crippen LogP contribution in [0.2, 0.25) is 0 Å². The van der Waals surface area contributed by atoms with E-state index in [0.29, 0.717) is 6.07 Å². The van der Waals surface area contributed by atoms with Crippen LogP contribution in [0.15, 0.2) is 11.6 Å². The normalized spacial score (nSPS) is 11.7. The van der Waals surface area contributed by atoms with Crippen molar-refractivity contribution < 1.29 is 23.1 Å². The summed E-state index contributed by atoms with van der Waals surface area (Å²) in [6.45, 7) is 2.67. The van der Waals surface area contributed by atoms with Crippen LogP contribution in [0.5, 0.6) is 0 Å². The van der Waals surface area contributed by atoms with Crippen molar-refractivity contribution in [2.45, 2.75) is 20.3 Å². The summed E-state index contributed by atoms with van der Waals surface area (Å²) in [7, 11) is 0. The van der Waals surface area contributed by atoms with E-state index in [4.69, 9.17) is 5.11 Å². The molecule has 1 aromatic rings. The summed E-state index contributed by atoms with van der Waals surface area (Å²) in [6, 6.07) is 0.649. The number of hydrogen-bond acceptors (Lipinski definition) is 1. The van der Waals surface area contributed by atoms with Crippen molar-refractivity contribution in [1.29, 1.82) is 0 Å². The maximum Gasteiger partial charge on any atom is 0.331 e. The van der Waals surface area contributed by atoms with Crippen molar-refractivity contribution >= 4 is 12.0 Å². The summed E-state index contributed by atoms with van der Waals surface area (Å²) in [5.74, 6) is -4.62. The third-order valence-electron chi connectivity index (χ3n) is 2.39. The smallest absolute Gasteiger partial charge is 0.331 e. The van der Waals surface area contributed by atoms with Crippen LogP contribution in [-0.4, -0.2) is 11.1 Å². The summed E-state index contributed by atoms with van der Waals surface area (Å²) in [4.78, 5) is 10.7. The number of benzene rings is 1. The number of carboxylic acid groups (broad SMARTS) is 1. The molecule has 0 aromatic heterocycles. The Labute approximate surface area is 96.4 Å². The third kappa shape index (κ3) is 2.67. The summed E-state index contributed by atoms with van der Waals surface area (Å²) >= 11 is 0. The summed E-state index contributed by atoms with van der Waals surface area (Å²) in [5.41, 5.74) is -0.799. The summed E-state index contributed by atoms with van der Waals surface area (Å²) in [5, 5.41) is 8.76. The molecule has 0 saturated heterocycles. The van der Waals surface area contributed by atoms with E-state index >= 15 is 0 Å². The van der Waals surface area contributed by atoms with Gasteiger partial charge in [0, 0.05) is 16.7 Å². The molecule has 0 aliphatic carbocycles. The van der Waals surface area contributed by atoms with Gasteiger partial charge in [0.1, 0.15) is 5.82 Å². The number of hydrogen-bond donors (Lipinski definition) is 1. The van der Waals surface area contributed by atoms with Crippen LogP contribution in [-0.2, 0) is 4.79 Å². The van der Waals surface area contributed by atoms with E-state index in [-0.39, 0.29) is 17.6 Å². The number of rotatable bonds is 3. The second kappa shape index (κ2) is 5.03. The highest BCUT2D eigenvalue weighted by molar-refractivity contribution is 5.92. The van der Waals surface area contributed by atoms with Gasteiger partial charge in [-0.25, -0.2) is 18.0 Å². The van der Waals surface area contributed by atoms with E-state index in [1.165, 1.54) is 0 Å². The predicted molar refractivity (Wildman–Crippen MR) is 57.0 cm³/mol. The molecule has 92 valence electrons. The second-order valence-corrected chi connectivity index (χ2v) is 3.53. The van der Waals surface area contributed by atoms with Gasteiger partial charge in [0.25, 0.3) is 0 Å². The number of halogens is 3. The van der Waals surface area contributed by atoms with Crippen LogP contribution < -0.4 is 0 Å². The highest BCUT2D eigenvalue weighted by Gasteiger charge is 2.15. The van der Waals surface area contributed by atoms with Crippen LogP contribution in [0.1, 0.15) is 24.5 Å². The molecule has 2 nitrogen and oxygen atoms in total. The fourth-order valence-electron chi connectivity index (χ4n) is 1.36. The maximum absolute atomic E-state index is 13.6. The lowest BCUT2D eigenvalue weighted by atomic mass is 10.1. The molecular formula is C12H11F3O2. The van der Waals surface area contributed by atoms with Gasteiger partial charge in [0.15, 0.2) is 11.6 Å². The van der Waals surface area contributed by atoms with Gasteiger partial charge in [-0.2, -0.15) is 0 Å². The fraction of sp³-hybridized carbons (Fsp3) is 0.250. The molecule has 0 bridgehead atoms. The first-order valence-electron chi connectivity index (χ1n) is 4.96. The molecule has 0 saturated carbocycles. The minimum absolute atomic E-state index is 0.0747. The zero-order valence-electron chi connectivity index (χ0n) is 9.35. The molecule has 0 unspecified atom stereocenters. The van der Waals surface area contributed by atoms with Gasteiger partial charge in [-0.1, -0.05) is 6.92 Å². The molecule has 0 heterocycles. The van der Waals surface area contributed by atoms with Crippen molar-refractivity contribution in [2.24, 2.45) is 0 Å². The summed E-state index contributed by atoms with van der Waals surface area (Å²) < 4.78 is 39.6. The van der Waals surface area contributed by atoms with Crippen molar-refractivity contribution in [3.05, 3.63) is 40.2 Å². The lowest BCUT2D eigenvalue weighted by molar-refractivity contribution is -0.132. The van der Waals surface area contributed by atoms with Gasteiger partial charge >= 0.3 is 5.97 Å². The molecule has 1 aromatic carbocycles. The Kier molecular flexibility index (Phi) is 3.93. The fourth-order valence-corrected chi connectivity index (χ4v) is 1.36. The zero-order valence-corrected chi connectivity index (χ0v) is 9.35. The van der Waals surface area contributed by atoms with Crippen molar-refractivity contribution in [1.82, 2.24) is 0 Å². The molecular weight excluding hydrogens is 233 g/mol. The standard InChI is InChI=1S/C12H11F3O2/c1-3-7(12(16)17)4-8-5-9(13)11(15)6(2)10(8)14/h4-5H,3H2,1-2H3,(H,16,17). The lowest BCUT2D eigenvalue weighted by Gasteiger charge is -2.05. The highest BCUT2D eigenvalue weighted by atomic mass is 19.2. The molecule has 0 aliphatic rings. The molecule has 0 amide bonds. The second-order valence-electron chi connectivity index (χ2n) is 3.53. The van der Waals surface area contributed by atoms with Gasteiger partial charge in [-0.05, 0) is 25.5 Å².